The van der Waals surface area contributed by atoms with Crippen molar-refractivity contribution in [1.82, 2.24) is 9.88 Å². The number of hydrogen-bond donors (Lipinski definition) is 0. The molecule has 2 aromatic rings. The van der Waals surface area contributed by atoms with Crippen molar-refractivity contribution in [2.45, 2.75) is 5.25 Å². The van der Waals surface area contributed by atoms with Crippen molar-refractivity contribution in [3.63, 3.8) is 0 Å². The van der Waals surface area contributed by atoms with Gasteiger partial charge in [0.1, 0.15) is 10.3 Å². The number of amides is 1. The molecule has 1 fully saturated rings. The average Bonchev–Trinajstić information content (AvgIpc) is 3.03. The van der Waals surface area contributed by atoms with Crippen LogP contribution in [0.2, 0.25) is 10.0 Å². The van der Waals surface area contributed by atoms with Gasteiger partial charge < -0.3 is 4.90 Å². The van der Waals surface area contributed by atoms with Crippen LogP contribution in [0.15, 0.2) is 29.8 Å². The summed E-state index contributed by atoms with van der Waals surface area (Å²) in [5.41, 5.74) is 0.386. The molecule has 1 saturated heterocycles. The Labute approximate surface area is 147 Å². The Bertz CT molecular complexity index is 838. The highest BCUT2D eigenvalue weighted by molar-refractivity contribution is 7.91. The Hall–Kier alpha value is -1.15. The van der Waals surface area contributed by atoms with Gasteiger partial charge in [0.25, 0.3) is 5.91 Å². The highest BCUT2D eigenvalue weighted by Crippen LogP contribution is 2.30. The highest BCUT2D eigenvalue weighted by Gasteiger charge is 2.37. The molecule has 0 N–H and O–H groups in total. The van der Waals surface area contributed by atoms with Crippen molar-refractivity contribution in [2.24, 2.45) is 0 Å². The van der Waals surface area contributed by atoms with Gasteiger partial charge in [-0.25, -0.2) is 13.4 Å². The summed E-state index contributed by atoms with van der Waals surface area (Å²) in [4.78, 5) is 18.2. The largest absolute Gasteiger partial charge is 0.336 e. The van der Waals surface area contributed by atoms with Gasteiger partial charge in [-0.3, -0.25) is 4.79 Å². The first kappa shape index (κ1) is 16.7. The number of carbonyl (C=O) groups excluding carboxylic acids is 1. The molecule has 1 aliphatic rings. The van der Waals surface area contributed by atoms with Crippen molar-refractivity contribution in [3.8, 4) is 0 Å². The predicted molar refractivity (Wildman–Crippen MR) is 91.0 cm³/mol. The average molecular weight is 391 g/mol. The van der Waals surface area contributed by atoms with Gasteiger partial charge in [0.15, 0.2) is 9.84 Å². The SMILES string of the molecule is O=C(c1ccc(Cl)c(Cl)c1)N1CCS(=O)(=O)[C@@H](c2nccs2)C1. The summed E-state index contributed by atoms with van der Waals surface area (Å²) in [6, 6.07) is 4.63. The molecule has 2 heterocycles. The molecular formula is C14H12Cl2N2O3S2. The molecule has 1 aromatic heterocycles. The molecule has 0 radical (unpaired) electrons. The summed E-state index contributed by atoms with van der Waals surface area (Å²) >= 11 is 13.1. The number of halogens is 2. The van der Waals surface area contributed by atoms with E-state index in [1.54, 1.807) is 23.7 Å². The van der Waals surface area contributed by atoms with Crippen LogP contribution in [0, 0.1) is 0 Å². The van der Waals surface area contributed by atoms with Crippen molar-refractivity contribution < 1.29 is 13.2 Å². The number of nitrogens with zero attached hydrogens (tertiary/aromatic N) is 2. The summed E-state index contributed by atoms with van der Waals surface area (Å²) in [6.45, 7) is 0.248. The first-order valence-electron chi connectivity index (χ1n) is 6.74. The summed E-state index contributed by atoms with van der Waals surface area (Å²) in [5.74, 6) is -0.343. The van der Waals surface area contributed by atoms with Crippen LogP contribution in [0.3, 0.4) is 0 Å². The lowest BCUT2D eigenvalue weighted by Gasteiger charge is -2.31. The van der Waals surface area contributed by atoms with Gasteiger partial charge >= 0.3 is 0 Å². The molecule has 1 aromatic carbocycles. The summed E-state index contributed by atoms with van der Waals surface area (Å²) in [5, 5.41) is 2.12. The molecule has 3 rings (SSSR count). The Kier molecular flexibility index (Phi) is 4.64. The van der Waals surface area contributed by atoms with E-state index in [9.17, 15) is 13.2 Å². The minimum absolute atomic E-state index is 0.0791. The molecule has 5 nitrogen and oxygen atoms in total. The van der Waals surface area contributed by atoms with E-state index < -0.39 is 15.1 Å². The summed E-state index contributed by atoms with van der Waals surface area (Å²) in [7, 11) is -3.30. The number of carbonyl (C=O) groups is 1. The maximum atomic E-state index is 12.6. The number of benzene rings is 1. The molecule has 122 valence electrons. The van der Waals surface area contributed by atoms with E-state index in [1.807, 2.05) is 0 Å². The maximum absolute atomic E-state index is 12.6. The number of aromatic nitrogens is 1. The highest BCUT2D eigenvalue weighted by atomic mass is 35.5. The van der Waals surface area contributed by atoms with Crippen LogP contribution >= 0.6 is 34.5 Å². The minimum Gasteiger partial charge on any atom is -0.336 e. The van der Waals surface area contributed by atoms with Crippen molar-refractivity contribution in [2.75, 3.05) is 18.8 Å². The smallest absolute Gasteiger partial charge is 0.253 e. The Morgan fingerprint density at radius 3 is 2.74 bits per heavy atom. The van der Waals surface area contributed by atoms with Gasteiger partial charge in [-0.2, -0.15) is 0 Å². The van der Waals surface area contributed by atoms with Crippen molar-refractivity contribution in [1.29, 1.82) is 0 Å². The normalized spacial score (nSPS) is 20.4. The Morgan fingerprint density at radius 1 is 1.30 bits per heavy atom. The standard InChI is InChI=1S/C14H12Cl2N2O3S2/c15-10-2-1-9(7-11(10)16)14(19)18-4-6-23(20,21)12(8-18)13-17-3-5-22-13/h1-3,5,7,12H,4,6,8H2/t12-/m1/s1. The van der Waals surface area contributed by atoms with Crippen LogP contribution in [-0.2, 0) is 9.84 Å². The Balaban J connectivity index is 1.86. The van der Waals surface area contributed by atoms with Crippen LogP contribution in [0.4, 0.5) is 0 Å². The molecule has 1 atom stereocenters. The topological polar surface area (TPSA) is 67.3 Å². The molecule has 0 spiro atoms. The monoisotopic (exact) mass is 390 g/mol. The van der Waals surface area contributed by atoms with Gasteiger partial charge in [0.2, 0.25) is 0 Å². The van der Waals surface area contributed by atoms with Gasteiger partial charge in [-0.1, -0.05) is 23.2 Å². The van der Waals surface area contributed by atoms with Crippen LogP contribution < -0.4 is 0 Å². The van der Waals surface area contributed by atoms with E-state index in [2.05, 4.69) is 4.98 Å². The van der Waals surface area contributed by atoms with Crippen molar-refractivity contribution in [3.05, 3.63) is 50.4 Å². The molecule has 23 heavy (non-hydrogen) atoms. The van der Waals surface area contributed by atoms with E-state index in [0.717, 1.165) is 0 Å². The zero-order valence-corrected chi connectivity index (χ0v) is 14.9. The van der Waals surface area contributed by atoms with Crippen LogP contribution in [0.1, 0.15) is 20.6 Å². The Morgan fingerprint density at radius 2 is 2.09 bits per heavy atom. The lowest BCUT2D eigenvalue weighted by atomic mass is 10.2. The predicted octanol–water partition coefficient (Wildman–Crippen LogP) is 3.06. The van der Waals surface area contributed by atoms with Gasteiger partial charge in [-0.05, 0) is 18.2 Å². The second-order valence-corrected chi connectivity index (χ2v) is 9.15. The number of sulfone groups is 1. The van der Waals surface area contributed by atoms with Crippen molar-refractivity contribution >= 4 is 50.3 Å². The number of hydrogen-bond acceptors (Lipinski definition) is 5. The first-order chi connectivity index (χ1) is 10.9. The lowest BCUT2D eigenvalue weighted by Crippen LogP contribution is -2.45. The fourth-order valence-corrected chi connectivity index (χ4v) is 5.45. The zero-order chi connectivity index (χ0) is 16.6. The molecule has 0 unspecified atom stereocenters. The molecule has 0 bridgehead atoms. The van der Waals surface area contributed by atoms with Crippen LogP contribution in [0.25, 0.3) is 0 Å². The minimum atomic E-state index is -3.30. The number of thiazole rings is 1. The van der Waals surface area contributed by atoms with Crippen LogP contribution in [-0.4, -0.2) is 43.1 Å². The summed E-state index contributed by atoms with van der Waals surface area (Å²) in [6.07, 6.45) is 1.56. The third-order valence-corrected chi connectivity index (χ3v) is 7.41. The molecule has 9 heteroatoms. The fourth-order valence-electron chi connectivity index (χ4n) is 2.41. The summed E-state index contributed by atoms with van der Waals surface area (Å²) < 4.78 is 24.5. The van der Waals surface area contributed by atoms with E-state index in [4.69, 9.17) is 23.2 Å². The molecule has 0 saturated carbocycles. The van der Waals surface area contributed by atoms with Crippen LogP contribution in [0.5, 0.6) is 0 Å². The van der Waals surface area contributed by atoms with Gasteiger partial charge in [0.05, 0.1) is 15.8 Å². The van der Waals surface area contributed by atoms with E-state index in [-0.39, 0.29) is 24.7 Å². The second kappa shape index (κ2) is 6.39. The fraction of sp³-hybridized carbons (Fsp3) is 0.286. The second-order valence-electron chi connectivity index (χ2n) is 5.11. The van der Waals surface area contributed by atoms with E-state index in [0.29, 0.717) is 20.6 Å². The van der Waals surface area contributed by atoms with Gasteiger partial charge in [-0.15, -0.1) is 11.3 Å². The molecule has 0 aliphatic carbocycles. The molecule has 1 amide bonds. The maximum Gasteiger partial charge on any atom is 0.253 e. The third-order valence-electron chi connectivity index (χ3n) is 3.65. The molecule has 1 aliphatic heterocycles. The third kappa shape index (κ3) is 3.38. The van der Waals surface area contributed by atoms with E-state index in [1.165, 1.54) is 22.3 Å². The zero-order valence-electron chi connectivity index (χ0n) is 11.8. The first-order valence-corrected chi connectivity index (χ1v) is 10.1. The number of rotatable bonds is 2. The van der Waals surface area contributed by atoms with E-state index >= 15 is 0 Å². The lowest BCUT2D eigenvalue weighted by molar-refractivity contribution is 0.0758. The molecular weight excluding hydrogens is 379 g/mol. The quantitative estimate of drug-likeness (QED) is 0.789. The van der Waals surface area contributed by atoms with Gasteiger partial charge in [0, 0.05) is 30.2 Å².